The molecule has 7 heteroatoms. The zero-order valence-corrected chi connectivity index (χ0v) is 11.8. The predicted octanol–water partition coefficient (Wildman–Crippen LogP) is 3.94. The van der Waals surface area contributed by atoms with E-state index in [2.05, 4.69) is 25.6 Å². The molecule has 1 heterocycles. The summed E-state index contributed by atoms with van der Waals surface area (Å²) in [5.74, 6) is 0.123. The molecule has 4 aromatic rings. The fourth-order valence-corrected chi connectivity index (χ4v) is 2.44. The van der Waals surface area contributed by atoms with E-state index in [-0.39, 0.29) is 11.5 Å². The van der Waals surface area contributed by atoms with Crippen LogP contribution in [0, 0.1) is 0 Å². The summed E-state index contributed by atoms with van der Waals surface area (Å²) in [5, 5.41) is 39.8. The van der Waals surface area contributed by atoms with Crippen LogP contribution in [0.25, 0.3) is 21.8 Å². The maximum absolute atomic E-state index is 10.1. The number of phenols is 2. The standard InChI is InChI=1S/C16H11N5O2/c22-14-7-6-12(16-10(14)2-1-3-15(16)23)18-17-9-4-5-11-13(8-9)20-21-19-11/h1-8,22-23H,(H,19,20,21). The third-order valence-corrected chi connectivity index (χ3v) is 3.55. The lowest BCUT2D eigenvalue weighted by Gasteiger charge is -2.05. The molecule has 0 fully saturated rings. The quantitative estimate of drug-likeness (QED) is 0.487. The molecular formula is C16H11N5O2. The van der Waals surface area contributed by atoms with Gasteiger partial charge in [0.1, 0.15) is 22.5 Å². The first-order chi connectivity index (χ1) is 11.2. The molecule has 0 saturated carbocycles. The smallest absolute Gasteiger partial charge is 0.125 e. The molecule has 3 N–H and O–H groups in total. The van der Waals surface area contributed by atoms with Crippen LogP contribution < -0.4 is 0 Å². The number of azo groups is 1. The van der Waals surface area contributed by atoms with E-state index in [9.17, 15) is 10.2 Å². The monoisotopic (exact) mass is 305 g/mol. The number of phenolic OH excluding ortho intramolecular Hbond substituents is 2. The second kappa shape index (κ2) is 5.06. The molecule has 7 nitrogen and oxygen atoms in total. The lowest BCUT2D eigenvalue weighted by Crippen LogP contribution is -1.77. The van der Waals surface area contributed by atoms with Crippen LogP contribution in [0.2, 0.25) is 0 Å². The number of fused-ring (bicyclic) bond motifs is 2. The Morgan fingerprint density at radius 3 is 2.61 bits per heavy atom. The van der Waals surface area contributed by atoms with E-state index in [0.29, 0.717) is 27.7 Å². The highest BCUT2D eigenvalue weighted by Crippen LogP contribution is 2.38. The first-order valence-electron chi connectivity index (χ1n) is 6.88. The van der Waals surface area contributed by atoms with Crippen LogP contribution >= 0.6 is 0 Å². The first kappa shape index (κ1) is 13.2. The van der Waals surface area contributed by atoms with E-state index in [1.54, 1.807) is 42.5 Å². The topological polar surface area (TPSA) is 107 Å². The number of rotatable bonds is 2. The highest BCUT2D eigenvalue weighted by Gasteiger charge is 2.09. The molecule has 0 saturated heterocycles. The fraction of sp³-hybridized carbons (Fsp3) is 0. The molecule has 0 radical (unpaired) electrons. The number of aromatic hydroxyl groups is 2. The summed E-state index contributed by atoms with van der Waals surface area (Å²) in [6.45, 7) is 0. The van der Waals surface area contributed by atoms with Gasteiger partial charge in [0.25, 0.3) is 0 Å². The Morgan fingerprint density at radius 1 is 0.826 bits per heavy atom. The highest BCUT2D eigenvalue weighted by atomic mass is 16.3. The van der Waals surface area contributed by atoms with E-state index in [1.165, 1.54) is 6.07 Å². The number of nitrogens with one attached hydrogen (secondary N) is 1. The van der Waals surface area contributed by atoms with Gasteiger partial charge < -0.3 is 10.2 Å². The molecular weight excluding hydrogens is 294 g/mol. The minimum Gasteiger partial charge on any atom is -0.507 e. The van der Waals surface area contributed by atoms with Crippen LogP contribution in [0.5, 0.6) is 11.5 Å². The minimum absolute atomic E-state index is 0.0410. The maximum atomic E-state index is 10.1. The Balaban J connectivity index is 1.81. The highest BCUT2D eigenvalue weighted by molar-refractivity contribution is 6.00. The number of hydrogen-bond acceptors (Lipinski definition) is 6. The Morgan fingerprint density at radius 2 is 1.70 bits per heavy atom. The van der Waals surface area contributed by atoms with E-state index in [4.69, 9.17) is 0 Å². The maximum Gasteiger partial charge on any atom is 0.125 e. The largest absolute Gasteiger partial charge is 0.507 e. The van der Waals surface area contributed by atoms with Crippen LogP contribution in [0.15, 0.2) is 58.8 Å². The molecule has 0 aliphatic carbocycles. The molecule has 0 aliphatic rings. The van der Waals surface area contributed by atoms with Gasteiger partial charge in [-0.25, -0.2) is 0 Å². The molecule has 0 aliphatic heterocycles. The first-order valence-corrected chi connectivity index (χ1v) is 6.88. The Hall–Kier alpha value is -3.48. The van der Waals surface area contributed by atoms with Crippen LogP contribution in [0.1, 0.15) is 0 Å². The molecule has 0 amide bonds. The molecule has 1 aromatic heterocycles. The summed E-state index contributed by atoms with van der Waals surface area (Å²) >= 11 is 0. The molecule has 4 rings (SSSR count). The van der Waals surface area contributed by atoms with Gasteiger partial charge in [-0.15, -0.1) is 5.11 Å². The van der Waals surface area contributed by atoms with Crippen molar-refractivity contribution in [2.45, 2.75) is 0 Å². The second-order valence-corrected chi connectivity index (χ2v) is 5.00. The minimum atomic E-state index is 0.0410. The number of aromatic amines is 1. The van der Waals surface area contributed by atoms with Gasteiger partial charge in [-0.3, -0.25) is 0 Å². The van der Waals surface area contributed by atoms with E-state index >= 15 is 0 Å². The van der Waals surface area contributed by atoms with Crippen molar-refractivity contribution < 1.29 is 10.2 Å². The molecule has 0 bridgehead atoms. The molecule has 112 valence electrons. The Bertz CT molecular complexity index is 1050. The summed E-state index contributed by atoms with van der Waals surface area (Å²) < 4.78 is 0. The van der Waals surface area contributed by atoms with E-state index in [1.807, 2.05) is 0 Å². The van der Waals surface area contributed by atoms with Gasteiger partial charge in [-0.1, -0.05) is 12.1 Å². The summed E-state index contributed by atoms with van der Waals surface area (Å²) in [5.41, 5.74) is 2.52. The summed E-state index contributed by atoms with van der Waals surface area (Å²) in [7, 11) is 0. The summed E-state index contributed by atoms with van der Waals surface area (Å²) in [6.07, 6.45) is 0. The zero-order valence-electron chi connectivity index (χ0n) is 11.8. The van der Waals surface area contributed by atoms with Crippen molar-refractivity contribution in [3.8, 4) is 11.5 Å². The second-order valence-electron chi connectivity index (χ2n) is 5.00. The Labute approximate surface area is 129 Å². The van der Waals surface area contributed by atoms with Crippen molar-refractivity contribution in [1.82, 2.24) is 15.4 Å². The molecule has 0 spiro atoms. The average molecular weight is 305 g/mol. The predicted molar refractivity (Wildman–Crippen MR) is 85.3 cm³/mol. The van der Waals surface area contributed by atoms with Gasteiger partial charge in [0.15, 0.2) is 0 Å². The van der Waals surface area contributed by atoms with Crippen molar-refractivity contribution in [3.05, 3.63) is 48.5 Å². The number of H-pyrrole nitrogens is 1. The van der Waals surface area contributed by atoms with Gasteiger partial charge >= 0.3 is 0 Å². The molecule has 0 atom stereocenters. The van der Waals surface area contributed by atoms with Crippen LogP contribution in [0.4, 0.5) is 11.4 Å². The average Bonchev–Trinajstić information content (AvgIpc) is 3.02. The van der Waals surface area contributed by atoms with Crippen molar-refractivity contribution in [2.75, 3.05) is 0 Å². The van der Waals surface area contributed by atoms with Crippen molar-refractivity contribution in [2.24, 2.45) is 10.2 Å². The van der Waals surface area contributed by atoms with E-state index in [0.717, 1.165) is 5.52 Å². The number of hydrogen-bond donors (Lipinski definition) is 3. The molecule has 3 aromatic carbocycles. The number of aromatic nitrogens is 3. The van der Waals surface area contributed by atoms with Crippen LogP contribution in [-0.2, 0) is 0 Å². The van der Waals surface area contributed by atoms with Crippen LogP contribution in [0.3, 0.4) is 0 Å². The normalized spacial score (nSPS) is 11.7. The van der Waals surface area contributed by atoms with E-state index < -0.39 is 0 Å². The van der Waals surface area contributed by atoms with Crippen molar-refractivity contribution in [1.29, 1.82) is 0 Å². The third-order valence-electron chi connectivity index (χ3n) is 3.55. The van der Waals surface area contributed by atoms with Gasteiger partial charge in [-0.2, -0.15) is 20.5 Å². The number of benzene rings is 3. The SMILES string of the molecule is Oc1ccc(N=Nc2ccc3n[nH]nc3c2)c2c(O)cccc12. The van der Waals surface area contributed by atoms with Gasteiger partial charge in [0, 0.05) is 5.39 Å². The Kier molecular flexibility index (Phi) is 2.90. The van der Waals surface area contributed by atoms with Gasteiger partial charge in [0.2, 0.25) is 0 Å². The molecule has 0 unspecified atom stereocenters. The fourth-order valence-electron chi connectivity index (χ4n) is 2.44. The van der Waals surface area contributed by atoms with Crippen LogP contribution in [-0.4, -0.2) is 25.6 Å². The molecule has 23 heavy (non-hydrogen) atoms. The zero-order chi connectivity index (χ0) is 15.8. The summed E-state index contributed by atoms with van der Waals surface area (Å²) in [4.78, 5) is 0. The summed E-state index contributed by atoms with van der Waals surface area (Å²) in [6, 6.07) is 13.4. The van der Waals surface area contributed by atoms with Crippen molar-refractivity contribution in [3.63, 3.8) is 0 Å². The van der Waals surface area contributed by atoms with Gasteiger partial charge in [-0.05, 0) is 36.4 Å². The van der Waals surface area contributed by atoms with Gasteiger partial charge in [0.05, 0.1) is 16.8 Å². The third kappa shape index (κ3) is 2.24. The number of nitrogens with zero attached hydrogens (tertiary/aromatic N) is 4. The van der Waals surface area contributed by atoms with Crippen molar-refractivity contribution >= 4 is 33.2 Å². The lowest BCUT2D eigenvalue weighted by atomic mass is 10.1. The lowest BCUT2D eigenvalue weighted by molar-refractivity contribution is 0.475.